The molecule has 4 nitrogen and oxygen atoms in total. The van der Waals surface area contributed by atoms with Crippen molar-refractivity contribution in [3.63, 3.8) is 0 Å². The maximum absolute atomic E-state index is 12.0. The van der Waals surface area contributed by atoms with Crippen LogP contribution in [0.3, 0.4) is 0 Å². The van der Waals surface area contributed by atoms with Gasteiger partial charge in [0, 0.05) is 29.3 Å². The highest BCUT2D eigenvalue weighted by atomic mass is 32.1. The number of rotatable bonds is 5. The van der Waals surface area contributed by atoms with Crippen LogP contribution in [0.5, 0.6) is 0 Å². The fourth-order valence-electron chi connectivity index (χ4n) is 1.65. The quantitative estimate of drug-likeness (QED) is 0.398. The first-order chi connectivity index (χ1) is 10.8. The van der Waals surface area contributed by atoms with Crippen LogP contribution in [-0.4, -0.2) is 17.1 Å². The van der Waals surface area contributed by atoms with Crippen molar-refractivity contribution in [2.75, 3.05) is 0 Å². The van der Waals surface area contributed by atoms with E-state index in [4.69, 9.17) is 0 Å². The van der Waals surface area contributed by atoms with Gasteiger partial charge in [-0.05, 0) is 23.9 Å². The molecule has 2 heterocycles. The van der Waals surface area contributed by atoms with Gasteiger partial charge in [-0.2, -0.15) is 5.10 Å². The van der Waals surface area contributed by atoms with E-state index in [1.54, 1.807) is 29.8 Å². The Labute approximate surface area is 134 Å². The van der Waals surface area contributed by atoms with Crippen LogP contribution in [0.2, 0.25) is 0 Å². The Morgan fingerprint density at radius 2 is 2.41 bits per heavy atom. The molecule has 112 valence electrons. The smallest absolute Gasteiger partial charge is 0.267 e. The summed E-state index contributed by atoms with van der Waals surface area (Å²) in [5.41, 5.74) is 3.68. The van der Waals surface area contributed by atoms with Gasteiger partial charge in [0.15, 0.2) is 0 Å². The molecule has 0 radical (unpaired) electrons. The third kappa shape index (κ3) is 5.15. The van der Waals surface area contributed by atoms with E-state index in [1.807, 2.05) is 17.5 Å². The Hall–Kier alpha value is -2.45. The van der Waals surface area contributed by atoms with Crippen LogP contribution in [0, 0.1) is 11.8 Å². The highest BCUT2D eigenvalue weighted by Gasteiger charge is 2.04. The summed E-state index contributed by atoms with van der Waals surface area (Å²) in [5, 5.41) is 5.88. The van der Waals surface area contributed by atoms with Gasteiger partial charge >= 0.3 is 0 Å². The normalized spacial score (nSPS) is 10.2. The summed E-state index contributed by atoms with van der Waals surface area (Å²) in [6, 6.07) is 5.58. The summed E-state index contributed by atoms with van der Waals surface area (Å²) in [6.07, 6.45) is 7.84. The predicted molar refractivity (Wildman–Crippen MR) is 90.0 cm³/mol. The number of amides is 1. The van der Waals surface area contributed by atoms with E-state index in [0.717, 1.165) is 29.7 Å². The fraction of sp³-hybridized carbons (Fsp3) is 0.235. The minimum Gasteiger partial charge on any atom is -0.267 e. The summed E-state index contributed by atoms with van der Waals surface area (Å²) in [4.78, 5) is 17.0. The Balaban J connectivity index is 1.96. The number of unbranched alkanes of at least 4 members (excludes halogenated alkanes) is 2. The van der Waals surface area contributed by atoms with Gasteiger partial charge in [0.2, 0.25) is 0 Å². The third-order valence-electron chi connectivity index (χ3n) is 2.79. The van der Waals surface area contributed by atoms with Crippen molar-refractivity contribution in [2.24, 2.45) is 5.10 Å². The van der Waals surface area contributed by atoms with Crippen molar-refractivity contribution in [3.8, 4) is 11.8 Å². The fourth-order valence-corrected chi connectivity index (χ4v) is 2.23. The Kier molecular flexibility index (Phi) is 6.34. The molecule has 1 N–H and O–H groups in total. The van der Waals surface area contributed by atoms with E-state index >= 15 is 0 Å². The topological polar surface area (TPSA) is 54.4 Å². The number of nitrogens with zero attached hydrogens (tertiary/aromatic N) is 2. The average molecular weight is 311 g/mol. The number of carbonyl (C=O) groups excluding carboxylic acids is 1. The van der Waals surface area contributed by atoms with Crippen molar-refractivity contribution < 1.29 is 4.79 Å². The van der Waals surface area contributed by atoms with Crippen LogP contribution in [0.15, 0.2) is 41.1 Å². The van der Waals surface area contributed by atoms with Crippen LogP contribution in [-0.2, 0) is 0 Å². The molecular weight excluding hydrogens is 294 g/mol. The number of hydrogen-bond acceptors (Lipinski definition) is 4. The highest BCUT2D eigenvalue weighted by Crippen LogP contribution is 2.05. The SMILES string of the molecule is CCCCC#Cc1cncc(C(=O)N/N=C/c2cccs2)c1. The van der Waals surface area contributed by atoms with Crippen LogP contribution in [0.25, 0.3) is 0 Å². The van der Waals surface area contributed by atoms with Gasteiger partial charge in [-0.15, -0.1) is 11.3 Å². The Morgan fingerprint density at radius 1 is 1.50 bits per heavy atom. The molecule has 1 amide bonds. The van der Waals surface area contributed by atoms with Crippen molar-refractivity contribution >= 4 is 23.5 Å². The minimum absolute atomic E-state index is 0.294. The molecule has 0 unspecified atom stereocenters. The molecule has 0 aliphatic rings. The van der Waals surface area contributed by atoms with E-state index < -0.39 is 0 Å². The van der Waals surface area contributed by atoms with Crippen LogP contribution in [0.1, 0.15) is 47.0 Å². The number of thiophene rings is 1. The molecule has 2 rings (SSSR count). The largest absolute Gasteiger partial charge is 0.272 e. The van der Waals surface area contributed by atoms with E-state index in [9.17, 15) is 4.79 Å². The van der Waals surface area contributed by atoms with Crippen molar-refractivity contribution in [3.05, 3.63) is 52.0 Å². The molecule has 0 aromatic carbocycles. The summed E-state index contributed by atoms with van der Waals surface area (Å²) in [5.74, 6) is 5.81. The molecular formula is C17H17N3OS. The standard InChI is InChI=1S/C17H17N3OS/c1-2-3-4-5-7-14-10-15(12-18-11-14)17(21)20-19-13-16-8-6-9-22-16/h6,8-13H,2-4H2,1H3,(H,20,21)/b19-13+. The molecule has 0 fully saturated rings. The van der Waals surface area contributed by atoms with Crippen LogP contribution in [0.4, 0.5) is 0 Å². The monoisotopic (exact) mass is 311 g/mol. The van der Waals surface area contributed by atoms with Crippen LogP contribution >= 0.6 is 11.3 Å². The maximum atomic E-state index is 12.0. The van der Waals surface area contributed by atoms with Crippen molar-refractivity contribution in [1.29, 1.82) is 0 Å². The molecule has 5 heteroatoms. The third-order valence-corrected chi connectivity index (χ3v) is 3.60. The lowest BCUT2D eigenvalue weighted by atomic mass is 10.2. The second-order valence-corrected chi connectivity index (χ2v) is 5.56. The van der Waals surface area contributed by atoms with E-state index in [-0.39, 0.29) is 5.91 Å². The number of hydrogen-bond donors (Lipinski definition) is 1. The van der Waals surface area contributed by atoms with Gasteiger partial charge in [-0.25, -0.2) is 5.43 Å². The molecule has 0 bridgehead atoms. The van der Waals surface area contributed by atoms with E-state index in [0.29, 0.717) is 5.56 Å². The number of aromatic nitrogens is 1. The van der Waals surface area contributed by atoms with E-state index in [2.05, 4.69) is 34.3 Å². The molecule has 2 aromatic heterocycles. The maximum Gasteiger partial charge on any atom is 0.272 e. The summed E-state index contributed by atoms with van der Waals surface area (Å²) >= 11 is 1.55. The molecule has 2 aromatic rings. The van der Waals surface area contributed by atoms with Gasteiger partial charge in [0.1, 0.15) is 0 Å². The first kappa shape index (κ1) is 15.9. The Morgan fingerprint density at radius 3 is 3.18 bits per heavy atom. The minimum atomic E-state index is -0.294. The lowest BCUT2D eigenvalue weighted by molar-refractivity contribution is 0.0954. The first-order valence-corrected chi connectivity index (χ1v) is 7.98. The van der Waals surface area contributed by atoms with Gasteiger partial charge in [-0.1, -0.05) is 31.3 Å². The Bertz CT molecular complexity index is 696. The molecule has 0 saturated heterocycles. The summed E-state index contributed by atoms with van der Waals surface area (Å²) < 4.78 is 0. The lowest BCUT2D eigenvalue weighted by Crippen LogP contribution is -2.17. The first-order valence-electron chi connectivity index (χ1n) is 7.10. The number of hydrazone groups is 1. The van der Waals surface area contributed by atoms with Crippen molar-refractivity contribution in [2.45, 2.75) is 26.2 Å². The molecule has 0 spiro atoms. The zero-order valence-corrected chi connectivity index (χ0v) is 13.2. The van der Waals surface area contributed by atoms with Gasteiger partial charge in [0.25, 0.3) is 5.91 Å². The van der Waals surface area contributed by atoms with Gasteiger partial charge in [0.05, 0.1) is 11.8 Å². The zero-order valence-electron chi connectivity index (χ0n) is 12.4. The van der Waals surface area contributed by atoms with Crippen molar-refractivity contribution in [1.82, 2.24) is 10.4 Å². The molecule has 0 atom stereocenters. The van der Waals surface area contributed by atoms with Gasteiger partial charge < -0.3 is 0 Å². The number of nitrogens with one attached hydrogen (secondary N) is 1. The second-order valence-electron chi connectivity index (χ2n) is 4.58. The number of carbonyl (C=O) groups is 1. The average Bonchev–Trinajstić information content (AvgIpc) is 3.05. The molecule has 22 heavy (non-hydrogen) atoms. The lowest BCUT2D eigenvalue weighted by Gasteiger charge is -1.99. The summed E-state index contributed by atoms with van der Waals surface area (Å²) in [7, 11) is 0. The highest BCUT2D eigenvalue weighted by molar-refractivity contribution is 7.11. The molecule has 0 saturated carbocycles. The van der Waals surface area contributed by atoms with Crippen LogP contribution < -0.4 is 5.43 Å². The second kappa shape index (κ2) is 8.75. The summed E-state index contributed by atoms with van der Waals surface area (Å²) in [6.45, 7) is 2.13. The number of pyridine rings is 1. The zero-order chi connectivity index (χ0) is 15.6. The predicted octanol–water partition coefficient (Wildman–Crippen LogP) is 3.45. The molecule has 0 aliphatic heterocycles. The van der Waals surface area contributed by atoms with Gasteiger partial charge in [-0.3, -0.25) is 9.78 Å². The molecule has 0 aliphatic carbocycles. The van der Waals surface area contributed by atoms with E-state index in [1.165, 1.54) is 6.20 Å².